The summed E-state index contributed by atoms with van der Waals surface area (Å²) in [5.41, 5.74) is 4.09. The molecule has 0 radical (unpaired) electrons. The van der Waals surface area contributed by atoms with Crippen molar-refractivity contribution in [3.8, 4) is 0 Å². The molecule has 0 aliphatic carbocycles. The van der Waals surface area contributed by atoms with Gasteiger partial charge in [-0.2, -0.15) is 0 Å². The van der Waals surface area contributed by atoms with Crippen LogP contribution in [0.3, 0.4) is 0 Å². The maximum Gasteiger partial charge on any atom is 0.353 e. The first kappa shape index (κ1) is 19.2. The fraction of sp³-hybridized carbons (Fsp3) is 0.0400. The Kier molecular flexibility index (Phi) is 5.06. The molecule has 0 amide bonds. The standard InChI is InChI=1S/C25H19N3O2S/c29-25(30)23-24(31-19-6-2-1-3-7-19)20-13-16(8-10-22(20)28-23)15-27-18-9-11-21-17(14-18)5-4-12-26-21/h1-14,27-28H,15H2,(H,29,30). The zero-order valence-electron chi connectivity index (χ0n) is 16.5. The lowest BCUT2D eigenvalue weighted by molar-refractivity contribution is 0.0688. The van der Waals surface area contributed by atoms with Crippen LogP contribution in [-0.4, -0.2) is 21.0 Å². The van der Waals surface area contributed by atoms with Crippen molar-refractivity contribution in [1.29, 1.82) is 0 Å². The largest absolute Gasteiger partial charge is 0.477 e. The van der Waals surface area contributed by atoms with Gasteiger partial charge in [0.15, 0.2) is 0 Å². The first-order valence-electron chi connectivity index (χ1n) is 9.87. The van der Waals surface area contributed by atoms with Crippen LogP contribution in [0, 0.1) is 0 Å². The highest BCUT2D eigenvalue weighted by Gasteiger charge is 2.18. The molecule has 5 aromatic rings. The van der Waals surface area contributed by atoms with Crippen LogP contribution in [0.15, 0.2) is 94.9 Å². The molecule has 0 fully saturated rings. The summed E-state index contributed by atoms with van der Waals surface area (Å²) in [6.07, 6.45) is 1.79. The monoisotopic (exact) mass is 425 g/mol. The molecule has 0 aliphatic heterocycles. The Morgan fingerprint density at radius 3 is 2.71 bits per heavy atom. The highest BCUT2D eigenvalue weighted by atomic mass is 32.2. The quantitative estimate of drug-likeness (QED) is 0.303. The van der Waals surface area contributed by atoms with E-state index in [1.807, 2.05) is 66.7 Å². The molecule has 0 bridgehead atoms. The summed E-state index contributed by atoms with van der Waals surface area (Å²) < 4.78 is 0. The van der Waals surface area contributed by atoms with Gasteiger partial charge in [0, 0.05) is 39.6 Å². The Morgan fingerprint density at radius 2 is 1.87 bits per heavy atom. The van der Waals surface area contributed by atoms with Crippen molar-refractivity contribution >= 4 is 45.2 Å². The first-order chi connectivity index (χ1) is 15.2. The van der Waals surface area contributed by atoms with Crippen molar-refractivity contribution in [2.24, 2.45) is 0 Å². The van der Waals surface area contributed by atoms with E-state index in [2.05, 4.69) is 27.4 Å². The second-order valence-corrected chi connectivity index (χ2v) is 8.28. The van der Waals surface area contributed by atoms with E-state index in [0.29, 0.717) is 6.54 Å². The third-order valence-electron chi connectivity index (χ3n) is 5.09. The SMILES string of the molecule is O=C(O)c1[nH]c2ccc(CNc3ccc4ncccc4c3)cc2c1Sc1ccccc1. The van der Waals surface area contributed by atoms with E-state index in [4.69, 9.17) is 0 Å². The third-order valence-corrected chi connectivity index (χ3v) is 6.23. The van der Waals surface area contributed by atoms with Gasteiger partial charge in [0.05, 0.1) is 10.4 Å². The van der Waals surface area contributed by atoms with Gasteiger partial charge in [-0.3, -0.25) is 4.98 Å². The predicted octanol–water partition coefficient (Wildman–Crippen LogP) is 6.18. The van der Waals surface area contributed by atoms with E-state index in [-0.39, 0.29) is 5.69 Å². The molecule has 152 valence electrons. The number of hydrogen-bond donors (Lipinski definition) is 3. The number of H-pyrrole nitrogens is 1. The molecule has 0 saturated carbocycles. The first-order valence-corrected chi connectivity index (χ1v) is 10.7. The molecule has 0 spiro atoms. The van der Waals surface area contributed by atoms with Crippen molar-refractivity contribution < 1.29 is 9.90 Å². The van der Waals surface area contributed by atoms with Crippen molar-refractivity contribution in [1.82, 2.24) is 9.97 Å². The smallest absolute Gasteiger partial charge is 0.353 e. The lowest BCUT2D eigenvalue weighted by Gasteiger charge is -2.08. The number of carboxylic acid groups (broad SMARTS) is 1. The van der Waals surface area contributed by atoms with Crippen LogP contribution in [-0.2, 0) is 6.54 Å². The maximum atomic E-state index is 11.8. The average molecular weight is 426 g/mol. The molecular weight excluding hydrogens is 406 g/mol. The number of carbonyl (C=O) groups is 1. The Morgan fingerprint density at radius 1 is 1.00 bits per heavy atom. The van der Waals surface area contributed by atoms with E-state index in [9.17, 15) is 9.90 Å². The number of nitrogens with one attached hydrogen (secondary N) is 2. The van der Waals surface area contributed by atoms with E-state index in [0.717, 1.165) is 42.8 Å². The van der Waals surface area contributed by atoms with Gasteiger partial charge in [-0.05, 0) is 54.1 Å². The molecule has 0 saturated heterocycles. The summed E-state index contributed by atoms with van der Waals surface area (Å²) >= 11 is 1.46. The van der Waals surface area contributed by atoms with Crippen molar-refractivity contribution in [3.05, 3.63) is 96.3 Å². The van der Waals surface area contributed by atoms with E-state index < -0.39 is 5.97 Å². The maximum absolute atomic E-state index is 11.8. The fourth-order valence-corrected chi connectivity index (χ4v) is 4.63. The number of fused-ring (bicyclic) bond motifs is 2. The number of nitrogens with zero attached hydrogens (tertiary/aromatic N) is 1. The summed E-state index contributed by atoms with van der Waals surface area (Å²) in [6.45, 7) is 0.630. The van der Waals surface area contributed by atoms with Crippen molar-refractivity contribution in [2.75, 3.05) is 5.32 Å². The number of hydrogen-bond acceptors (Lipinski definition) is 4. The predicted molar refractivity (Wildman–Crippen MR) is 125 cm³/mol. The van der Waals surface area contributed by atoms with Crippen LogP contribution in [0.1, 0.15) is 16.1 Å². The second kappa shape index (κ2) is 8.16. The Hall–Kier alpha value is -3.77. The molecule has 3 N–H and O–H groups in total. The topological polar surface area (TPSA) is 78.0 Å². The lowest BCUT2D eigenvalue weighted by atomic mass is 10.1. The van der Waals surface area contributed by atoms with Crippen LogP contribution in [0.5, 0.6) is 0 Å². The van der Waals surface area contributed by atoms with Gasteiger partial charge in [-0.15, -0.1) is 0 Å². The number of benzene rings is 3. The molecule has 2 heterocycles. The van der Waals surface area contributed by atoms with Crippen LogP contribution in [0.4, 0.5) is 5.69 Å². The summed E-state index contributed by atoms with van der Waals surface area (Å²) in [5, 5.41) is 15.1. The van der Waals surface area contributed by atoms with Crippen LogP contribution in [0.2, 0.25) is 0 Å². The van der Waals surface area contributed by atoms with Crippen LogP contribution in [0.25, 0.3) is 21.8 Å². The summed E-state index contributed by atoms with van der Waals surface area (Å²) in [7, 11) is 0. The minimum Gasteiger partial charge on any atom is -0.477 e. The molecule has 2 aromatic heterocycles. The number of anilines is 1. The lowest BCUT2D eigenvalue weighted by Crippen LogP contribution is -1.99. The van der Waals surface area contributed by atoms with Gasteiger partial charge >= 0.3 is 5.97 Å². The molecule has 31 heavy (non-hydrogen) atoms. The molecule has 5 nitrogen and oxygen atoms in total. The summed E-state index contributed by atoms with van der Waals surface area (Å²) in [6, 6.07) is 25.9. The van der Waals surface area contributed by atoms with E-state index in [1.54, 1.807) is 6.20 Å². The third kappa shape index (κ3) is 3.98. The normalized spacial score (nSPS) is 11.1. The Bertz CT molecular complexity index is 1400. The molecule has 0 atom stereocenters. The molecule has 0 unspecified atom stereocenters. The molecule has 0 aliphatic rings. The number of rotatable bonds is 6. The summed E-state index contributed by atoms with van der Waals surface area (Å²) in [5.74, 6) is -0.959. The minimum absolute atomic E-state index is 0.219. The minimum atomic E-state index is -0.959. The number of aromatic nitrogens is 2. The van der Waals surface area contributed by atoms with Crippen molar-refractivity contribution in [3.63, 3.8) is 0 Å². The van der Waals surface area contributed by atoms with E-state index >= 15 is 0 Å². The van der Waals surface area contributed by atoms with Gasteiger partial charge in [0.1, 0.15) is 5.69 Å². The molecular formula is C25H19N3O2S. The van der Waals surface area contributed by atoms with Crippen LogP contribution < -0.4 is 5.32 Å². The van der Waals surface area contributed by atoms with Crippen LogP contribution >= 0.6 is 11.8 Å². The zero-order valence-corrected chi connectivity index (χ0v) is 17.3. The average Bonchev–Trinajstić information content (AvgIpc) is 3.16. The van der Waals surface area contributed by atoms with Gasteiger partial charge in [0.25, 0.3) is 0 Å². The Balaban J connectivity index is 1.45. The van der Waals surface area contributed by atoms with E-state index in [1.165, 1.54) is 11.8 Å². The van der Waals surface area contributed by atoms with Gasteiger partial charge in [-0.1, -0.05) is 42.1 Å². The number of carboxylic acids is 1. The van der Waals surface area contributed by atoms with Gasteiger partial charge in [0.2, 0.25) is 0 Å². The number of pyridine rings is 1. The van der Waals surface area contributed by atoms with Gasteiger partial charge in [-0.25, -0.2) is 4.79 Å². The van der Waals surface area contributed by atoms with Crippen molar-refractivity contribution in [2.45, 2.75) is 16.3 Å². The highest BCUT2D eigenvalue weighted by Crippen LogP contribution is 2.37. The fourth-order valence-electron chi connectivity index (χ4n) is 3.58. The molecule has 6 heteroatoms. The van der Waals surface area contributed by atoms with Gasteiger partial charge < -0.3 is 15.4 Å². The second-order valence-electron chi connectivity index (χ2n) is 7.19. The highest BCUT2D eigenvalue weighted by molar-refractivity contribution is 7.99. The summed E-state index contributed by atoms with van der Waals surface area (Å²) in [4.78, 5) is 21.0. The Labute approximate surface area is 183 Å². The molecule has 3 aromatic carbocycles. The number of aromatic carboxylic acids is 1. The molecule has 5 rings (SSSR count). The zero-order chi connectivity index (χ0) is 21.2. The number of aromatic amines is 1.